The van der Waals surface area contributed by atoms with Gasteiger partial charge in [0.15, 0.2) is 0 Å². The molecule has 0 spiro atoms. The fourth-order valence-electron chi connectivity index (χ4n) is 2.39. The molecule has 0 bridgehead atoms. The highest BCUT2D eigenvalue weighted by Gasteiger charge is 2.44. The molecule has 18 heavy (non-hydrogen) atoms. The fraction of sp³-hybridized carbons (Fsp3) is 0.538. The Morgan fingerprint density at radius 2 is 1.72 bits per heavy atom. The van der Waals surface area contributed by atoms with Crippen LogP contribution in [-0.2, 0) is 6.18 Å². The van der Waals surface area contributed by atoms with Crippen LogP contribution in [0, 0.1) is 5.41 Å². The van der Waals surface area contributed by atoms with E-state index in [4.69, 9.17) is 5.73 Å². The van der Waals surface area contributed by atoms with E-state index in [1.807, 2.05) is 0 Å². The molecule has 5 heteroatoms. The fourth-order valence-corrected chi connectivity index (χ4v) is 2.39. The molecular weight excluding hydrogens is 246 g/mol. The van der Waals surface area contributed by atoms with Gasteiger partial charge in [0.25, 0.3) is 0 Å². The minimum absolute atomic E-state index is 0.231. The van der Waals surface area contributed by atoms with Crippen molar-refractivity contribution in [2.24, 2.45) is 11.1 Å². The van der Waals surface area contributed by atoms with Gasteiger partial charge < -0.3 is 5.73 Å². The first-order valence-electron chi connectivity index (χ1n) is 5.90. The Bertz CT molecular complexity index is 400. The minimum atomic E-state index is -4.38. The molecule has 0 aliphatic heterocycles. The summed E-state index contributed by atoms with van der Waals surface area (Å²) in [4.78, 5) is 0. The predicted molar refractivity (Wildman–Crippen MR) is 60.6 cm³/mol. The van der Waals surface area contributed by atoms with Gasteiger partial charge in [-0.05, 0) is 30.5 Å². The Morgan fingerprint density at radius 3 is 2.06 bits per heavy atom. The van der Waals surface area contributed by atoms with E-state index in [1.165, 1.54) is 12.1 Å². The molecule has 1 aliphatic carbocycles. The second kappa shape index (κ2) is 4.53. The van der Waals surface area contributed by atoms with Gasteiger partial charge >= 0.3 is 6.18 Å². The molecule has 1 aromatic rings. The van der Waals surface area contributed by atoms with Crippen LogP contribution in [0.5, 0.6) is 0 Å². The van der Waals surface area contributed by atoms with Crippen LogP contribution in [0.1, 0.15) is 36.6 Å². The lowest BCUT2D eigenvalue weighted by Gasteiger charge is -2.43. The van der Waals surface area contributed by atoms with E-state index in [1.54, 1.807) is 0 Å². The van der Waals surface area contributed by atoms with Gasteiger partial charge in [-0.1, -0.05) is 18.6 Å². The van der Waals surface area contributed by atoms with Crippen molar-refractivity contribution >= 4 is 0 Å². The van der Waals surface area contributed by atoms with Gasteiger partial charge in [-0.15, -0.1) is 0 Å². The van der Waals surface area contributed by atoms with Crippen LogP contribution in [-0.4, -0.2) is 6.54 Å². The molecular formula is C13H15F4N. The molecule has 100 valence electrons. The molecule has 2 N–H and O–H groups in total. The molecule has 1 saturated carbocycles. The highest BCUT2D eigenvalue weighted by atomic mass is 19.4. The maximum Gasteiger partial charge on any atom is 0.416 e. The molecule has 1 atom stereocenters. The summed E-state index contributed by atoms with van der Waals surface area (Å²) in [6, 6.07) is 4.27. The maximum absolute atomic E-state index is 14.3. The van der Waals surface area contributed by atoms with Gasteiger partial charge in [0.2, 0.25) is 0 Å². The summed E-state index contributed by atoms with van der Waals surface area (Å²) < 4.78 is 51.5. The smallest absolute Gasteiger partial charge is 0.330 e. The second-order valence-corrected chi connectivity index (χ2v) is 4.90. The molecule has 0 radical (unpaired) electrons. The quantitative estimate of drug-likeness (QED) is 0.822. The molecule has 0 aromatic heterocycles. The van der Waals surface area contributed by atoms with Gasteiger partial charge in [0.1, 0.15) is 6.17 Å². The van der Waals surface area contributed by atoms with Crippen molar-refractivity contribution in [3.05, 3.63) is 35.4 Å². The number of benzene rings is 1. The summed E-state index contributed by atoms with van der Waals surface area (Å²) in [5.74, 6) is 0. The summed E-state index contributed by atoms with van der Waals surface area (Å²) in [7, 11) is 0. The van der Waals surface area contributed by atoms with Crippen molar-refractivity contribution in [3.63, 3.8) is 0 Å². The monoisotopic (exact) mass is 261 g/mol. The van der Waals surface area contributed by atoms with E-state index in [0.717, 1.165) is 18.6 Å². The maximum atomic E-state index is 14.3. The number of hydrogen-bond donors (Lipinski definition) is 1. The van der Waals surface area contributed by atoms with Crippen LogP contribution in [0.2, 0.25) is 0 Å². The third-order valence-electron chi connectivity index (χ3n) is 3.82. The van der Waals surface area contributed by atoms with E-state index in [9.17, 15) is 17.6 Å². The first kappa shape index (κ1) is 13.3. The average Bonchev–Trinajstić information content (AvgIpc) is 2.27. The Balaban J connectivity index is 2.19. The summed E-state index contributed by atoms with van der Waals surface area (Å²) >= 11 is 0. The number of hydrogen-bond acceptors (Lipinski definition) is 1. The van der Waals surface area contributed by atoms with Gasteiger partial charge in [-0.2, -0.15) is 13.2 Å². The molecule has 1 aliphatic rings. The molecule has 1 nitrogen and oxygen atoms in total. The first-order chi connectivity index (χ1) is 8.39. The zero-order chi connectivity index (χ0) is 13.4. The lowest BCUT2D eigenvalue weighted by atomic mass is 9.64. The number of nitrogens with two attached hydrogens (primary N) is 1. The van der Waals surface area contributed by atoms with Gasteiger partial charge in [-0.25, -0.2) is 4.39 Å². The van der Waals surface area contributed by atoms with Crippen molar-refractivity contribution in [1.29, 1.82) is 0 Å². The standard InChI is InChI=1S/C13H15F4N/c14-11(12(8-18)6-1-7-12)9-2-4-10(5-3-9)13(15,16)17/h2-5,11H,1,6-8,18H2. The van der Waals surface area contributed by atoms with Crippen molar-refractivity contribution in [1.82, 2.24) is 0 Å². The zero-order valence-electron chi connectivity index (χ0n) is 9.80. The molecule has 0 amide bonds. The van der Waals surface area contributed by atoms with E-state index in [-0.39, 0.29) is 12.1 Å². The molecule has 1 aromatic carbocycles. The van der Waals surface area contributed by atoms with E-state index in [2.05, 4.69) is 0 Å². The summed E-state index contributed by atoms with van der Waals surface area (Å²) in [6.45, 7) is 0.231. The highest BCUT2D eigenvalue weighted by molar-refractivity contribution is 5.27. The van der Waals surface area contributed by atoms with Gasteiger partial charge in [-0.3, -0.25) is 0 Å². The minimum Gasteiger partial charge on any atom is -0.330 e. The van der Waals surface area contributed by atoms with Crippen LogP contribution in [0.25, 0.3) is 0 Å². The molecule has 0 saturated heterocycles. The largest absolute Gasteiger partial charge is 0.416 e. The third kappa shape index (κ3) is 2.23. The zero-order valence-corrected chi connectivity index (χ0v) is 9.80. The molecule has 1 unspecified atom stereocenters. The summed E-state index contributed by atoms with van der Waals surface area (Å²) in [6.07, 6.45) is -3.33. The van der Waals surface area contributed by atoms with Crippen LogP contribution in [0.15, 0.2) is 24.3 Å². The second-order valence-electron chi connectivity index (χ2n) is 4.90. The Kier molecular flexibility index (Phi) is 3.36. The first-order valence-corrected chi connectivity index (χ1v) is 5.90. The van der Waals surface area contributed by atoms with Crippen LogP contribution in [0.4, 0.5) is 17.6 Å². The van der Waals surface area contributed by atoms with Crippen LogP contribution in [0.3, 0.4) is 0 Å². The molecule has 0 heterocycles. The third-order valence-corrected chi connectivity index (χ3v) is 3.82. The van der Waals surface area contributed by atoms with Crippen molar-refractivity contribution in [2.45, 2.75) is 31.6 Å². The lowest BCUT2D eigenvalue weighted by Crippen LogP contribution is -2.41. The highest BCUT2D eigenvalue weighted by Crippen LogP contribution is 2.51. The van der Waals surface area contributed by atoms with E-state index in [0.29, 0.717) is 12.8 Å². The van der Waals surface area contributed by atoms with Crippen LogP contribution < -0.4 is 5.73 Å². The molecule has 1 fully saturated rings. The average molecular weight is 261 g/mol. The van der Waals surface area contributed by atoms with Crippen molar-refractivity contribution < 1.29 is 17.6 Å². The van der Waals surface area contributed by atoms with Crippen LogP contribution >= 0.6 is 0 Å². The van der Waals surface area contributed by atoms with Gasteiger partial charge in [0, 0.05) is 12.0 Å². The summed E-state index contributed by atoms with van der Waals surface area (Å²) in [5, 5.41) is 0. The normalized spacial score (nSPS) is 20.3. The summed E-state index contributed by atoms with van der Waals surface area (Å²) in [5.41, 5.74) is 4.55. The van der Waals surface area contributed by atoms with E-state index >= 15 is 0 Å². The van der Waals surface area contributed by atoms with E-state index < -0.39 is 23.3 Å². The number of rotatable bonds is 3. The number of alkyl halides is 4. The Morgan fingerprint density at radius 1 is 1.17 bits per heavy atom. The lowest BCUT2D eigenvalue weighted by molar-refractivity contribution is -0.137. The SMILES string of the molecule is NCC1(C(F)c2ccc(C(F)(F)F)cc2)CCC1. The number of halogens is 4. The predicted octanol–water partition coefficient (Wildman–Crippen LogP) is 3.85. The molecule has 2 rings (SSSR count). The Hall–Kier alpha value is -1.10. The van der Waals surface area contributed by atoms with Gasteiger partial charge in [0.05, 0.1) is 5.56 Å². The van der Waals surface area contributed by atoms with Crippen molar-refractivity contribution in [2.75, 3.05) is 6.54 Å². The van der Waals surface area contributed by atoms with Crippen molar-refractivity contribution in [3.8, 4) is 0 Å². The topological polar surface area (TPSA) is 26.0 Å². The Labute approximate surface area is 103 Å².